The Morgan fingerprint density at radius 1 is 1.28 bits per heavy atom. The van der Waals surface area contributed by atoms with Crippen molar-refractivity contribution in [1.29, 1.82) is 5.26 Å². The van der Waals surface area contributed by atoms with E-state index in [9.17, 15) is 10.1 Å². The van der Waals surface area contributed by atoms with Gasteiger partial charge in [0.15, 0.2) is 0 Å². The summed E-state index contributed by atoms with van der Waals surface area (Å²) in [6.07, 6.45) is 5.89. The Morgan fingerprint density at radius 3 is 2.68 bits per heavy atom. The van der Waals surface area contributed by atoms with E-state index in [1.165, 1.54) is 5.56 Å². The number of nitriles is 1. The van der Waals surface area contributed by atoms with Gasteiger partial charge in [0.2, 0.25) is 5.91 Å². The predicted molar refractivity (Wildman–Crippen MR) is 95.6 cm³/mol. The molecule has 1 aromatic rings. The quantitative estimate of drug-likeness (QED) is 0.828. The highest BCUT2D eigenvalue weighted by Gasteiger charge is 2.35. The summed E-state index contributed by atoms with van der Waals surface area (Å²) in [6, 6.07) is 12.5. The zero-order valence-electron chi connectivity index (χ0n) is 14.7. The lowest BCUT2D eigenvalue weighted by Crippen LogP contribution is -2.49. The fraction of sp³-hybridized carbons (Fsp3) is 0.600. The molecule has 1 aliphatic carbocycles. The van der Waals surface area contributed by atoms with Gasteiger partial charge in [0, 0.05) is 19.7 Å². The number of nitrogens with one attached hydrogen (secondary N) is 1. The molecule has 1 N–H and O–H groups in total. The Bertz CT molecular complexity index is 599. The van der Waals surface area contributed by atoms with Crippen molar-refractivity contribution in [1.82, 2.24) is 10.2 Å². The van der Waals surface area contributed by atoms with Crippen molar-refractivity contribution >= 4 is 5.91 Å². The summed E-state index contributed by atoms with van der Waals surface area (Å²) >= 11 is 0. The lowest BCUT2D eigenvalue weighted by Gasteiger charge is -2.27. The Hall–Kier alpha value is -1.90. The largest absolute Gasteiger partial charge is 0.377 e. The second-order valence-corrected chi connectivity index (χ2v) is 7.24. The third-order valence-electron chi connectivity index (χ3n) is 5.15. The minimum absolute atomic E-state index is 0.0580. The highest BCUT2D eigenvalue weighted by Crippen LogP contribution is 2.28. The summed E-state index contributed by atoms with van der Waals surface area (Å²) in [4.78, 5) is 14.7. The summed E-state index contributed by atoms with van der Waals surface area (Å²) in [5, 5.41) is 12.5. The van der Waals surface area contributed by atoms with Gasteiger partial charge in [-0.2, -0.15) is 5.26 Å². The van der Waals surface area contributed by atoms with Crippen LogP contribution in [-0.4, -0.2) is 42.1 Å². The first-order chi connectivity index (χ1) is 12.2. The maximum Gasteiger partial charge on any atom is 0.235 e. The van der Waals surface area contributed by atoms with Gasteiger partial charge in [-0.25, -0.2) is 0 Å². The van der Waals surface area contributed by atoms with Crippen LogP contribution in [-0.2, 0) is 16.1 Å². The van der Waals surface area contributed by atoms with Crippen LogP contribution in [0.1, 0.15) is 44.1 Å². The average molecular weight is 341 g/mol. The molecule has 1 saturated carbocycles. The van der Waals surface area contributed by atoms with Gasteiger partial charge in [-0.1, -0.05) is 30.3 Å². The molecule has 5 nitrogen and oxygen atoms in total. The molecule has 1 aromatic carbocycles. The molecule has 1 saturated heterocycles. The van der Waals surface area contributed by atoms with Crippen LogP contribution in [0.2, 0.25) is 0 Å². The second kappa shape index (κ2) is 8.46. The number of carbonyl (C=O) groups excluding carboxylic acids is 1. The standard InChI is InChI=1S/C20H27N3O2/c21-16-20(10-4-5-11-20)22-19(24)15-23(14-18-9-6-12-25-18)13-17-7-2-1-3-8-17/h1-3,7-8,18H,4-6,9-15H2,(H,22,24)/t18-/m1/s1. The summed E-state index contributed by atoms with van der Waals surface area (Å²) in [5.41, 5.74) is 0.531. The van der Waals surface area contributed by atoms with E-state index in [0.29, 0.717) is 13.1 Å². The molecular weight excluding hydrogens is 314 g/mol. The molecule has 1 heterocycles. The van der Waals surface area contributed by atoms with Crippen LogP contribution >= 0.6 is 0 Å². The van der Waals surface area contributed by atoms with Crippen LogP contribution in [0.5, 0.6) is 0 Å². The van der Waals surface area contributed by atoms with Gasteiger partial charge in [0.05, 0.1) is 18.7 Å². The first kappa shape index (κ1) is 17.9. The van der Waals surface area contributed by atoms with Crippen LogP contribution in [0.3, 0.4) is 0 Å². The van der Waals surface area contributed by atoms with E-state index in [4.69, 9.17) is 4.74 Å². The molecule has 0 bridgehead atoms. The molecule has 2 aliphatic rings. The third-order valence-corrected chi connectivity index (χ3v) is 5.15. The Kier molecular flexibility index (Phi) is 6.06. The van der Waals surface area contributed by atoms with Crippen LogP contribution in [0.15, 0.2) is 30.3 Å². The predicted octanol–water partition coefficient (Wildman–Crippen LogP) is 2.62. The minimum atomic E-state index is -0.653. The van der Waals surface area contributed by atoms with Crippen LogP contribution < -0.4 is 5.32 Å². The van der Waals surface area contributed by atoms with Crippen molar-refractivity contribution in [3.63, 3.8) is 0 Å². The highest BCUT2D eigenvalue weighted by atomic mass is 16.5. The summed E-state index contributed by atoms with van der Waals surface area (Å²) in [5.74, 6) is -0.0580. The van der Waals surface area contributed by atoms with Crippen LogP contribution in [0.25, 0.3) is 0 Å². The van der Waals surface area contributed by atoms with Gasteiger partial charge >= 0.3 is 0 Å². The minimum Gasteiger partial charge on any atom is -0.377 e. The molecule has 1 amide bonds. The highest BCUT2D eigenvalue weighted by molar-refractivity contribution is 5.79. The van der Waals surface area contributed by atoms with Crippen molar-refractivity contribution in [2.45, 2.75) is 56.7 Å². The SMILES string of the molecule is N#CC1(NC(=O)CN(Cc2ccccc2)C[C@H]2CCCO2)CCCC1. The Morgan fingerprint density at radius 2 is 2.04 bits per heavy atom. The fourth-order valence-corrected chi connectivity index (χ4v) is 3.86. The number of benzene rings is 1. The van der Waals surface area contributed by atoms with Crippen molar-refractivity contribution < 1.29 is 9.53 Å². The monoisotopic (exact) mass is 341 g/mol. The van der Waals surface area contributed by atoms with E-state index in [2.05, 4.69) is 28.4 Å². The number of hydrogen-bond acceptors (Lipinski definition) is 4. The number of nitrogens with zero attached hydrogens (tertiary/aromatic N) is 2. The molecule has 0 radical (unpaired) electrons. The van der Waals surface area contributed by atoms with E-state index in [-0.39, 0.29) is 12.0 Å². The molecule has 3 rings (SSSR count). The first-order valence-corrected chi connectivity index (χ1v) is 9.29. The third kappa shape index (κ3) is 5.04. The number of ether oxygens (including phenoxy) is 1. The fourth-order valence-electron chi connectivity index (χ4n) is 3.86. The molecule has 0 aromatic heterocycles. The van der Waals surface area contributed by atoms with E-state index in [1.54, 1.807) is 0 Å². The molecule has 134 valence electrons. The second-order valence-electron chi connectivity index (χ2n) is 7.24. The lowest BCUT2D eigenvalue weighted by atomic mass is 10.00. The van der Waals surface area contributed by atoms with Gasteiger partial charge < -0.3 is 10.1 Å². The summed E-state index contributed by atoms with van der Waals surface area (Å²) < 4.78 is 5.75. The molecule has 2 fully saturated rings. The van der Waals surface area contributed by atoms with E-state index >= 15 is 0 Å². The number of hydrogen-bond donors (Lipinski definition) is 1. The lowest BCUT2D eigenvalue weighted by molar-refractivity contribution is -0.124. The molecule has 25 heavy (non-hydrogen) atoms. The van der Waals surface area contributed by atoms with Crippen molar-refractivity contribution in [3.8, 4) is 6.07 Å². The topological polar surface area (TPSA) is 65.4 Å². The number of amides is 1. The zero-order valence-corrected chi connectivity index (χ0v) is 14.7. The van der Waals surface area contributed by atoms with Gasteiger partial charge in [0.25, 0.3) is 0 Å². The molecule has 5 heteroatoms. The summed E-state index contributed by atoms with van der Waals surface area (Å²) in [6.45, 7) is 2.58. The van der Waals surface area contributed by atoms with Gasteiger partial charge in [-0.05, 0) is 44.1 Å². The van der Waals surface area contributed by atoms with E-state index < -0.39 is 5.54 Å². The molecule has 1 atom stereocenters. The smallest absolute Gasteiger partial charge is 0.235 e. The van der Waals surface area contributed by atoms with Crippen molar-refractivity contribution in [2.75, 3.05) is 19.7 Å². The van der Waals surface area contributed by atoms with Gasteiger partial charge in [-0.3, -0.25) is 9.69 Å². The number of rotatable bonds is 7. The maximum atomic E-state index is 12.6. The van der Waals surface area contributed by atoms with Crippen LogP contribution in [0.4, 0.5) is 0 Å². The maximum absolute atomic E-state index is 12.6. The molecule has 0 unspecified atom stereocenters. The Balaban J connectivity index is 1.61. The average Bonchev–Trinajstić information content (AvgIpc) is 3.28. The van der Waals surface area contributed by atoms with Crippen molar-refractivity contribution in [2.24, 2.45) is 0 Å². The Labute approximate surface area is 150 Å². The number of carbonyl (C=O) groups is 1. The zero-order chi connectivity index (χ0) is 17.5. The van der Waals surface area contributed by atoms with E-state index in [0.717, 1.165) is 51.7 Å². The summed E-state index contributed by atoms with van der Waals surface area (Å²) in [7, 11) is 0. The molecular formula is C20H27N3O2. The normalized spacial score (nSPS) is 22.0. The van der Waals surface area contributed by atoms with Gasteiger partial charge in [-0.15, -0.1) is 0 Å². The molecule has 1 aliphatic heterocycles. The van der Waals surface area contributed by atoms with E-state index in [1.807, 2.05) is 18.2 Å². The molecule has 0 spiro atoms. The van der Waals surface area contributed by atoms with Gasteiger partial charge in [0.1, 0.15) is 5.54 Å². The van der Waals surface area contributed by atoms with Crippen LogP contribution in [0, 0.1) is 11.3 Å². The van der Waals surface area contributed by atoms with Crippen molar-refractivity contribution in [3.05, 3.63) is 35.9 Å². The first-order valence-electron chi connectivity index (χ1n) is 9.29.